The minimum Gasteiger partial charge on any atom is -0.204 e. The standard InChI is InChI=1S/C13H11ClF2P2/c14-8-3-1-2-7(4-8)5-9-12(16)10(15)6-11(17)13(9)18/h1-4,6H,5,17-18H2. The highest BCUT2D eigenvalue weighted by Crippen LogP contribution is 2.18. The van der Waals surface area contributed by atoms with Crippen LogP contribution < -0.4 is 10.6 Å². The fraction of sp³-hybridized carbons (Fsp3) is 0.0769. The second-order valence-corrected chi connectivity index (χ2v) is 5.60. The molecule has 5 heteroatoms. The van der Waals surface area contributed by atoms with Crippen LogP contribution in [0.25, 0.3) is 0 Å². The van der Waals surface area contributed by atoms with Crippen LogP contribution in [0.3, 0.4) is 0 Å². The topological polar surface area (TPSA) is 0 Å². The van der Waals surface area contributed by atoms with Gasteiger partial charge in [0.1, 0.15) is 0 Å². The van der Waals surface area contributed by atoms with E-state index in [0.717, 1.165) is 5.56 Å². The lowest BCUT2D eigenvalue weighted by Gasteiger charge is -2.11. The zero-order valence-electron chi connectivity index (χ0n) is 9.38. The van der Waals surface area contributed by atoms with Gasteiger partial charge in [0, 0.05) is 17.0 Å². The quantitative estimate of drug-likeness (QED) is 0.747. The van der Waals surface area contributed by atoms with Crippen LogP contribution in [-0.2, 0) is 6.42 Å². The van der Waals surface area contributed by atoms with Crippen molar-refractivity contribution in [3.05, 3.63) is 58.1 Å². The molecule has 0 saturated carbocycles. The second kappa shape index (κ2) is 5.61. The van der Waals surface area contributed by atoms with Gasteiger partial charge in [-0.25, -0.2) is 8.78 Å². The highest BCUT2D eigenvalue weighted by molar-refractivity contribution is 7.36. The van der Waals surface area contributed by atoms with E-state index in [1.165, 1.54) is 6.07 Å². The summed E-state index contributed by atoms with van der Waals surface area (Å²) in [6.07, 6.45) is 0.310. The van der Waals surface area contributed by atoms with Crippen molar-refractivity contribution in [2.45, 2.75) is 6.42 Å². The maximum Gasteiger partial charge on any atom is 0.163 e. The van der Waals surface area contributed by atoms with Crippen LogP contribution in [-0.4, -0.2) is 0 Å². The van der Waals surface area contributed by atoms with Gasteiger partial charge in [0.2, 0.25) is 0 Å². The van der Waals surface area contributed by atoms with E-state index in [1.54, 1.807) is 18.2 Å². The normalized spacial score (nSPS) is 10.7. The van der Waals surface area contributed by atoms with Gasteiger partial charge in [-0.05, 0) is 34.4 Å². The van der Waals surface area contributed by atoms with Crippen LogP contribution in [0.4, 0.5) is 8.78 Å². The fourth-order valence-electron chi connectivity index (χ4n) is 1.74. The molecule has 0 aliphatic heterocycles. The average molecular weight is 303 g/mol. The second-order valence-electron chi connectivity index (χ2n) is 3.96. The van der Waals surface area contributed by atoms with Gasteiger partial charge in [-0.1, -0.05) is 23.7 Å². The summed E-state index contributed by atoms with van der Waals surface area (Å²) in [5, 5.41) is 1.88. The Balaban J connectivity index is 2.46. The van der Waals surface area contributed by atoms with Gasteiger partial charge in [-0.3, -0.25) is 0 Å². The van der Waals surface area contributed by atoms with Crippen LogP contribution in [0.15, 0.2) is 30.3 Å². The number of benzene rings is 2. The highest BCUT2D eigenvalue weighted by Gasteiger charge is 2.14. The van der Waals surface area contributed by atoms with Gasteiger partial charge in [-0.15, -0.1) is 18.5 Å². The van der Waals surface area contributed by atoms with Crippen LogP contribution in [0.1, 0.15) is 11.1 Å². The largest absolute Gasteiger partial charge is 0.204 e. The van der Waals surface area contributed by atoms with E-state index in [4.69, 9.17) is 11.6 Å². The van der Waals surface area contributed by atoms with Crippen LogP contribution >= 0.6 is 30.1 Å². The molecule has 0 radical (unpaired) electrons. The summed E-state index contributed by atoms with van der Waals surface area (Å²) in [7, 11) is 4.85. The summed E-state index contributed by atoms with van der Waals surface area (Å²) in [6.45, 7) is 0. The maximum absolute atomic E-state index is 13.8. The van der Waals surface area contributed by atoms with Crippen LogP contribution in [0.2, 0.25) is 5.02 Å². The van der Waals surface area contributed by atoms with Gasteiger partial charge < -0.3 is 0 Å². The van der Waals surface area contributed by atoms with Crippen LogP contribution in [0.5, 0.6) is 0 Å². The molecule has 0 bridgehead atoms. The predicted octanol–water partition coefficient (Wildman–Crippen LogP) is 3.21. The molecular weight excluding hydrogens is 292 g/mol. The Bertz CT molecular complexity index is 574. The van der Waals surface area contributed by atoms with Crippen molar-refractivity contribution in [2.75, 3.05) is 0 Å². The molecule has 2 unspecified atom stereocenters. The molecule has 2 aromatic rings. The Morgan fingerprint density at radius 3 is 2.50 bits per heavy atom. The Morgan fingerprint density at radius 1 is 1.11 bits per heavy atom. The lowest BCUT2D eigenvalue weighted by atomic mass is 10.0. The first-order chi connectivity index (χ1) is 8.49. The lowest BCUT2D eigenvalue weighted by Crippen LogP contribution is -2.20. The third kappa shape index (κ3) is 2.88. The number of hydrogen-bond donors (Lipinski definition) is 0. The molecule has 0 heterocycles. The van der Waals surface area contributed by atoms with Gasteiger partial charge in [-0.2, -0.15) is 0 Å². The fourth-order valence-corrected chi connectivity index (χ4v) is 2.58. The summed E-state index contributed by atoms with van der Waals surface area (Å²) in [6, 6.07) is 8.29. The van der Waals surface area contributed by atoms with Crippen molar-refractivity contribution in [3.8, 4) is 0 Å². The van der Waals surface area contributed by atoms with Gasteiger partial charge in [0.25, 0.3) is 0 Å². The third-order valence-electron chi connectivity index (χ3n) is 2.66. The molecule has 18 heavy (non-hydrogen) atoms. The highest BCUT2D eigenvalue weighted by atomic mass is 35.5. The third-order valence-corrected chi connectivity index (χ3v) is 4.39. The van der Waals surface area contributed by atoms with E-state index >= 15 is 0 Å². The monoisotopic (exact) mass is 302 g/mol. The maximum atomic E-state index is 13.8. The molecule has 0 aliphatic rings. The molecule has 94 valence electrons. The molecule has 0 aromatic heterocycles. The molecule has 0 nitrogen and oxygen atoms in total. The molecular formula is C13H11ClF2P2. The molecule has 0 amide bonds. The molecule has 2 aromatic carbocycles. The molecule has 0 saturated heterocycles. The smallest absolute Gasteiger partial charge is 0.163 e. The Morgan fingerprint density at radius 2 is 1.83 bits per heavy atom. The Hall–Kier alpha value is -0.550. The lowest BCUT2D eigenvalue weighted by molar-refractivity contribution is 0.503. The molecule has 0 N–H and O–H groups in total. The Labute approximate surface area is 114 Å². The number of rotatable bonds is 2. The molecule has 2 atom stereocenters. The summed E-state index contributed by atoms with van der Waals surface area (Å²) >= 11 is 5.88. The summed E-state index contributed by atoms with van der Waals surface area (Å²) in [4.78, 5) is 0. The van der Waals surface area contributed by atoms with Crippen molar-refractivity contribution in [1.29, 1.82) is 0 Å². The van der Waals surface area contributed by atoms with Crippen molar-refractivity contribution >= 4 is 40.7 Å². The first-order valence-electron chi connectivity index (χ1n) is 5.25. The van der Waals surface area contributed by atoms with Crippen molar-refractivity contribution < 1.29 is 8.78 Å². The molecule has 0 aliphatic carbocycles. The van der Waals surface area contributed by atoms with Crippen molar-refractivity contribution in [2.24, 2.45) is 0 Å². The molecule has 2 rings (SSSR count). The zero-order valence-corrected chi connectivity index (χ0v) is 12.4. The first kappa shape index (κ1) is 13.9. The summed E-state index contributed by atoms with van der Waals surface area (Å²) in [5.41, 5.74) is 1.19. The van der Waals surface area contributed by atoms with E-state index < -0.39 is 11.6 Å². The van der Waals surface area contributed by atoms with E-state index in [2.05, 4.69) is 18.5 Å². The number of halogens is 3. The van der Waals surface area contributed by atoms with E-state index in [1.807, 2.05) is 6.07 Å². The first-order valence-corrected chi connectivity index (χ1v) is 6.78. The minimum atomic E-state index is -0.830. The van der Waals surface area contributed by atoms with Crippen molar-refractivity contribution in [3.63, 3.8) is 0 Å². The van der Waals surface area contributed by atoms with Crippen LogP contribution in [0, 0.1) is 11.6 Å². The van der Waals surface area contributed by atoms with E-state index in [9.17, 15) is 8.78 Å². The SMILES string of the molecule is Fc1cc(P)c(P)c(Cc2cccc(Cl)c2)c1F. The van der Waals surface area contributed by atoms with Gasteiger partial charge in [0.05, 0.1) is 0 Å². The summed E-state index contributed by atoms with van der Waals surface area (Å²) < 4.78 is 27.2. The minimum absolute atomic E-state index is 0.310. The van der Waals surface area contributed by atoms with Crippen molar-refractivity contribution in [1.82, 2.24) is 0 Å². The number of hydrogen-bond acceptors (Lipinski definition) is 0. The zero-order chi connectivity index (χ0) is 13.3. The van der Waals surface area contributed by atoms with E-state index in [0.29, 0.717) is 27.6 Å². The molecule has 0 fully saturated rings. The van der Waals surface area contributed by atoms with Gasteiger partial charge >= 0.3 is 0 Å². The average Bonchev–Trinajstić information content (AvgIpc) is 2.32. The predicted molar refractivity (Wildman–Crippen MR) is 79.3 cm³/mol. The van der Waals surface area contributed by atoms with E-state index in [-0.39, 0.29) is 0 Å². The van der Waals surface area contributed by atoms with Gasteiger partial charge in [0.15, 0.2) is 11.6 Å². The molecule has 0 spiro atoms. The summed E-state index contributed by atoms with van der Waals surface area (Å²) in [5.74, 6) is -1.63. The Kier molecular flexibility index (Phi) is 4.33.